The molecule has 0 bridgehead atoms. The van der Waals surface area contributed by atoms with Gasteiger partial charge >= 0.3 is 0 Å². The van der Waals surface area contributed by atoms with Crippen molar-refractivity contribution in [3.63, 3.8) is 0 Å². The standard InChI is InChI=1S/C16H12Cl2N4O2S/c1-8-11(13(18)21(2)20-8)7-12-14(23)19-16(25)22(15(12)24)10-5-3-9(17)4-6-10/h3-7H,1-2H3,(H,19,23,25). The number of nitrogens with zero attached hydrogens (tertiary/aromatic N) is 3. The number of aryl methyl sites for hydroxylation is 2. The van der Waals surface area contributed by atoms with Crippen LogP contribution in [0, 0.1) is 6.92 Å². The van der Waals surface area contributed by atoms with E-state index in [0.717, 1.165) is 0 Å². The van der Waals surface area contributed by atoms with Gasteiger partial charge in [-0.25, -0.2) is 0 Å². The SMILES string of the molecule is Cc1nn(C)c(Cl)c1C=C1C(=O)NC(=S)N(c2ccc(Cl)cc2)C1=O. The molecule has 0 saturated carbocycles. The summed E-state index contributed by atoms with van der Waals surface area (Å²) in [5.41, 5.74) is 1.53. The smallest absolute Gasteiger partial charge is 0.270 e. The number of nitrogens with one attached hydrogen (secondary N) is 1. The van der Waals surface area contributed by atoms with Crippen LogP contribution in [0.4, 0.5) is 5.69 Å². The maximum absolute atomic E-state index is 12.9. The van der Waals surface area contributed by atoms with Crippen molar-refractivity contribution in [2.75, 3.05) is 4.90 Å². The predicted molar refractivity (Wildman–Crippen MR) is 101 cm³/mol. The molecule has 1 aliphatic rings. The maximum atomic E-state index is 12.9. The van der Waals surface area contributed by atoms with Crippen LogP contribution in [0.1, 0.15) is 11.3 Å². The summed E-state index contributed by atoms with van der Waals surface area (Å²) in [6.45, 7) is 1.74. The van der Waals surface area contributed by atoms with Gasteiger partial charge in [-0.05, 0) is 49.5 Å². The third kappa shape index (κ3) is 3.18. The number of carbonyl (C=O) groups excluding carboxylic acids is 2. The number of amides is 2. The van der Waals surface area contributed by atoms with Gasteiger partial charge in [0.25, 0.3) is 11.8 Å². The lowest BCUT2D eigenvalue weighted by molar-refractivity contribution is -0.122. The summed E-state index contributed by atoms with van der Waals surface area (Å²) in [5, 5.41) is 7.54. The largest absolute Gasteiger partial charge is 0.298 e. The van der Waals surface area contributed by atoms with Gasteiger partial charge in [0.15, 0.2) is 5.11 Å². The molecule has 0 aliphatic carbocycles. The number of halogens is 2. The second-order valence-electron chi connectivity index (χ2n) is 5.35. The van der Waals surface area contributed by atoms with Crippen LogP contribution < -0.4 is 10.2 Å². The van der Waals surface area contributed by atoms with E-state index in [1.165, 1.54) is 15.7 Å². The zero-order chi connectivity index (χ0) is 18.3. The molecule has 128 valence electrons. The Kier molecular flexibility index (Phi) is 4.64. The summed E-state index contributed by atoms with van der Waals surface area (Å²) < 4.78 is 1.47. The number of aromatic nitrogens is 2. The van der Waals surface area contributed by atoms with E-state index in [-0.39, 0.29) is 10.7 Å². The van der Waals surface area contributed by atoms with Gasteiger partial charge in [-0.1, -0.05) is 23.2 Å². The molecule has 2 heterocycles. The minimum Gasteiger partial charge on any atom is -0.298 e. The number of anilines is 1. The highest BCUT2D eigenvalue weighted by Crippen LogP contribution is 2.26. The number of benzene rings is 1. The molecule has 3 rings (SSSR count). The Bertz CT molecular complexity index is 934. The zero-order valence-corrected chi connectivity index (χ0v) is 15.5. The first-order valence-electron chi connectivity index (χ1n) is 7.15. The van der Waals surface area contributed by atoms with Crippen LogP contribution in [-0.4, -0.2) is 26.7 Å². The van der Waals surface area contributed by atoms with Crippen molar-refractivity contribution >= 4 is 64.1 Å². The molecule has 1 N–H and O–H groups in total. The summed E-state index contributed by atoms with van der Waals surface area (Å²) in [7, 11) is 1.68. The van der Waals surface area contributed by atoms with Crippen LogP contribution in [0.15, 0.2) is 29.8 Å². The quantitative estimate of drug-likeness (QED) is 0.483. The minimum absolute atomic E-state index is 0.00322. The predicted octanol–water partition coefficient (Wildman–Crippen LogP) is 2.87. The molecule has 1 fully saturated rings. The van der Waals surface area contributed by atoms with E-state index >= 15 is 0 Å². The van der Waals surface area contributed by atoms with Gasteiger partial charge in [-0.3, -0.25) is 24.5 Å². The van der Waals surface area contributed by atoms with Crippen molar-refractivity contribution < 1.29 is 9.59 Å². The highest BCUT2D eigenvalue weighted by atomic mass is 35.5. The minimum atomic E-state index is -0.584. The number of hydrogen-bond donors (Lipinski definition) is 1. The monoisotopic (exact) mass is 394 g/mol. The number of carbonyl (C=O) groups is 2. The molecule has 0 radical (unpaired) electrons. The molecule has 25 heavy (non-hydrogen) atoms. The van der Waals surface area contributed by atoms with E-state index in [1.54, 1.807) is 38.2 Å². The first-order valence-corrected chi connectivity index (χ1v) is 8.32. The zero-order valence-electron chi connectivity index (χ0n) is 13.2. The van der Waals surface area contributed by atoms with E-state index in [9.17, 15) is 9.59 Å². The Morgan fingerprint density at radius 1 is 1.20 bits per heavy atom. The molecular weight excluding hydrogens is 383 g/mol. The van der Waals surface area contributed by atoms with Crippen molar-refractivity contribution in [3.05, 3.63) is 51.3 Å². The third-order valence-electron chi connectivity index (χ3n) is 3.67. The van der Waals surface area contributed by atoms with Gasteiger partial charge in [-0.15, -0.1) is 0 Å². The molecule has 1 aliphatic heterocycles. The first kappa shape index (κ1) is 17.6. The topological polar surface area (TPSA) is 67.2 Å². The molecule has 2 amide bonds. The highest BCUT2D eigenvalue weighted by Gasteiger charge is 2.34. The summed E-state index contributed by atoms with van der Waals surface area (Å²) in [6.07, 6.45) is 1.42. The summed E-state index contributed by atoms with van der Waals surface area (Å²) in [5.74, 6) is -1.13. The normalized spacial score (nSPS) is 16.6. The average Bonchev–Trinajstić information content (AvgIpc) is 2.78. The van der Waals surface area contributed by atoms with E-state index < -0.39 is 11.8 Å². The van der Waals surface area contributed by atoms with E-state index in [4.69, 9.17) is 35.4 Å². The van der Waals surface area contributed by atoms with E-state index in [1.807, 2.05) is 0 Å². The Morgan fingerprint density at radius 2 is 1.84 bits per heavy atom. The number of thiocarbonyl (C=S) groups is 1. The van der Waals surface area contributed by atoms with Gasteiger partial charge in [-0.2, -0.15) is 5.10 Å². The van der Waals surface area contributed by atoms with Gasteiger partial charge in [0.1, 0.15) is 10.7 Å². The lowest BCUT2D eigenvalue weighted by Crippen LogP contribution is -2.54. The average molecular weight is 395 g/mol. The summed E-state index contributed by atoms with van der Waals surface area (Å²) >= 11 is 17.2. The summed E-state index contributed by atoms with van der Waals surface area (Å²) in [6, 6.07) is 6.55. The van der Waals surface area contributed by atoms with Crippen molar-refractivity contribution in [2.45, 2.75) is 6.92 Å². The Balaban J connectivity index is 2.06. The Labute approximate surface area is 159 Å². The molecule has 9 heteroatoms. The number of rotatable bonds is 2. The van der Waals surface area contributed by atoms with Gasteiger partial charge < -0.3 is 0 Å². The molecule has 1 aromatic carbocycles. The lowest BCUT2D eigenvalue weighted by atomic mass is 10.1. The number of hydrogen-bond acceptors (Lipinski definition) is 4. The van der Waals surface area contributed by atoms with Crippen LogP contribution in [0.3, 0.4) is 0 Å². The fourth-order valence-corrected chi connectivity index (χ4v) is 3.07. The Morgan fingerprint density at radius 3 is 2.40 bits per heavy atom. The molecule has 1 aromatic heterocycles. The van der Waals surface area contributed by atoms with E-state index in [0.29, 0.717) is 27.1 Å². The van der Waals surface area contributed by atoms with Crippen molar-refractivity contribution in [3.8, 4) is 0 Å². The van der Waals surface area contributed by atoms with E-state index in [2.05, 4.69) is 10.4 Å². The maximum Gasteiger partial charge on any atom is 0.270 e. The fourth-order valence-electron chi connectivity index (χ4n) is 2.44. The summed E-state index contributed by atoms with van der Waals surface area (Å²) in [4.78, 5) is 26.4. The molecule has 0 spiro atoms. The Hall–Kier alpha value is -2.22. The lowest BCUT2D eigenvalue weighted by Gasteiger charge is -2.28. The highest BCUT2D eigenvalue weighted by molar-refractivity contribution is 7.80. The molecule has 6 nitrogen and oxygen atoms in total. The second-order valence-corrected chi connectivity index (χ2v) is 6.53. The molecule has 0 unspecified atom stereocenters. The van der Waals surface area contributed by atoms with Gasteiger partial charge in [0.05, 0.1) is 11.4 Å². The van der Waals surface area contributed by atoms with Crippen LogP contribution in [-0.2, 0) is 16.6 Å². The van der Waals surface area contributed by atoms with Crippen LogP contribution in [0.25, 0.3) is 6.08 Å². The van der Waals surface area contributed by atoms with Crippen molar-refractivity contribution in [1.29, 1.82) is 0 Å². The molecule has 1 saturated heterocycles. The van der Waals surface area contributed by atoms with Gasteiger partial charge in [0, 0.05) is 17.6 Å². The van der Waals surface area contributed by atoms with Crippen LogP contribution >= 0.6 is 35.4 Å². The van der Waals surface area contributed by atoms with Gasteiger partial charge in [0.2, 0.25) is 0 Å². The molecule has 2 aromatic rings. The third-order valence-corrected chi connectivity index (χ3v) is 4.66. The van der Waals surface area contributed by atoms with Crippen LogP contribution in [0.5, 0.6) is 0 Å². The van der Waals surface area contributed by atoms with Crippen LogP contribution in [0.2, 0.25) is 10.2 Å². The van der Waals surface area contributed by atoms with Crippen molar-refractivity contribution in [2.24, 2.45) is 7.05 Å². The molecule has 0 atom stereocenters. The molecular formula is C16H12Cl2N4O2S. The van der Waals surface area contributed by atoms with Crippen molar-refractivity contribution in [1.82, 2.24) is 15.1 Å². The fraction of sp³-hybridized carbons (Fsp3) is 0.125. The first-order chi connectivity index (χ1) is 11.8. The second kappa shape index (κ2) is 6.59.